The summed E-state index contributed by atoms with van der Waals surface area (Å²) < 4.78 is 38.4. The summed E-state index contributed by atoms with van der Waals surface area (Å²) in [5.41, 5.74) is 1.19. The zero-order valence-corrected chi connectivity index (χ0v) is 18.1. The molecule has 0 aromatic heterocycles. The topological polar surface area (TPSA) is 88.1 Å². The number of piperidine rings is 1. The molecule has 2 aromatic carbocycles. The summed E-state index contributed by atoms with van der Waals surface area (Å²) in [6, 6.07) is 14.3. The molecule has 0 saturated carbocycles. The molecule has 7 nitrogen and oxygen atoms in total. The van der Waals surface area contributed by atoms with Gasteiger partial charge in [-0.3, -0.25) is 4.90 Å². The third-order valence-corrected chi connectivity index (χ3v) is 6.66. The average molecular weight is 435 g/mol. The second kappa shape index (κ2) is 10.8. The van der Waals surface area contributed by atoms with Crippen LogP contribution in [0.4, 0.5) is 0 Å². The van der Waals surface area contributed by atoms with E-state index in [4.69, 9.17) is 14.6 Å². The molecule has 0 radical (unpaired) electrons. The fourth-order valence-electron chi connectivity index (χ4n) is 3.64. The first-order valence-electron chi connectivity index (χ1n) is 10.2. The van der Waals surface area contributed by atoms with Crippen LogP contribution in [0.15, 0.2) is 53.4 Å². The van der Waals surface area contributed by atoms with Gasteiger partial charge in [0.1, 0.15) is 18.1 Å². The zero-order valence-electron chi connectivity index (χ0n) is 17.3. The van der Waals surface area contributed by atoms with Crippen LogP contribution in [0, 0.1) is 5.92 Å². The van der Waals surface area contributed by atoms with E-state index in [0.29, 0.717) is 18.9 Å². The summed E-state index contributed by atoms with van der Waals surface area (Å²) in [7, 11) is -1.98. The molecule has 0 bridgehead atoms. The smallest absolute Gasteiger partial charge is 0.240 e. The maximum Gasteiger partial charge on any atom is 0.240 e. The molecule has 2 N–H and O–H groups in total. The molecular weight excluding hydrogens is 404 g/mol. The summed E-state index contributed by atoms with van der Waals surface area (Å²) >= 11 is 0. The number of methoxy groups -OCH3 is 1. The minimum absolute atomic E-state index is 0.000855. The highest BCUT2D eigenvalue weighted by Gasteiger charge is 2.22. The molecule has 1 aliphatic rings. The molecule has 0 amide bonds. The molecule has 1 atom stereocenters. The van der Waals surface area contributed by atoms with Crippen LogP contribution in [-0.4, -0.2) is 58.4 Å². The molecular formula is C22H30N2O5S. The van der Waals surface area contributed by atoms with Crippen LogP contribution in [-0.2, 0) is 16.6 Å². The molecule has 30 heavy (non-hydrogen) atoms. The molecule has 2 aromatic rings. The van der Waals surface area contributed by atoms with Crippen molar-refractivity contribution in [3.8, 4) is 11.5 Å². The number of rotatable bonds is 10. The highest BCUT2D eigenvalue weighted by Crippen LogP contribution is 2.21. The van der Waals surface area contributed by atoms with E-state index in [1.807, 2.05) is 24.3 Å². The van der Waals surface area contributed by atoms with Crippen molar-refractivity contribution in [3.63, 3.8) is 0 Å². The van der Waals surface area contributed by atoms with Crippen LogP contribution in [0.5, 0.6) is 11.5 Å². The van der Waals surface area contributed by atoms with Gasteiger partial charge in [0.05, 0.1) is 18.6 Å². The highest BCUT2D eigenvalue weighted by molar-refractivity contribution is 7.89. The average Bonchev–Trinajstić information content (AvgIpc) is 2.78. The van der Waals surface area contributed by atoms with E-state index < -0.39 is 10.0 Å². The Labute approximate surface area is 178 Å². The van der Waals surface area contributed by atoms with Crippen LogP contribution >= 0.6 is 0 Å². The van der Waals surface area contributed by atoms with Crippen LogP contribution in [0.25, 0.3) is 0 Å². The van der Waals surface area contributed by atoms with Crippen LogP contribution < -0.4 is 14.2 Å². The van der Waals surface area contributed by atoms with E-state index in [1.54, 1.807) is 31.4 Å². The second-order valence-electron chi connectivity index (χ2n) is 7.49. The van der Waals surface area contributed by atoms with E-state index in [-0.39, 0.29) is 17.4 Å². The second-order valence-corrected chi connectivity index (χ2v) is 9.25. The molecule has 1 saturated heterocycles. The zero-order chi connectivity index (χ0) is 21.4. The first kappa shape index (κ1) is 22.6. The fourth-order valence-corrected chi connectivity index (χ4v) is 4.76. The van der Waals surface area contributed by atoms with Crippen LogP contribution in [0.1, 0.15) is 18.4 Å². The number of hydrogen-bond donors (Lipinski definition) is 2. The van der Waals surface area contributed by atoms with Gasteiger partial charge < -0.3 is 14.6 Å². The van der Waals surface area contributed by atoms with Crippen molar-refractivity contribution in [2.45, 2.75) is 24.3 Å². The molecule has 0 aliphatic carbocycles. The highest BCUT2D eigenvalue weighted by atomic mass is 32.2. The van der Waals surface area contributed by atoms with Gasteiger partial charge in [0.25, 0.3) is 0 Å². The number of hydrogen-bond acceptors (Lipinski definition) is 6. The van der Waals surface area contributed by atoms with E-state index >= 15 is 0 Å². The Bertz CT molecular complexity index is 885. The first-order chi connectivity index (χ1) is 14.5. The maximum absolute atomic E-state index is 12.6. The fraction of sp³-hybridized carbons (Fsp3) is 0.455. The number of aliphatic hydroxyl groups excluding tert-OH is 1. The number of nitrogens with zero attached hydrogens (tertiary/aromatic N) is 1. The SMILES string of the molecule is COc1ccc(S(=O)(=O)NC[C@@H]2CCCN(Cc3ccc(OCCO)cc3)C2)cc1. The third-order valence-electron chi connectivity index (χ3n) is 5.22. The first-order valence-corrected chi connectivity index (χ1v) is 11.7. The van der Waals surface area contributed by atoms with Gasteiger partial charge >= 0.3 is 0 Å². The third kappa shape index (κ3) is 6.43. The quantitative estimate of drug-likeness (QED) is 0.596. The molecule has 0 spiro atoms. The van der Waals surface area contributed by atoms with Crippen LogP contribution in [0.2, 0.25) is 0 Å². The summed E-state index contributed by atoms with van der Waals surface area (Å²) in [6.45, 7) is 3.40. The van der Waals surface area contributed by atoms with E-state index in [0.717, 1.165) is 38.2 Å². The molecule has 1 heterocycles. The molecule has 1 fully saturated rings. The van der Waals surface area contributed by atoms with Gasteiger partial charge in [-0.15, -0.1) is 0 Å². The Balaban J connectivity index is 1.50. The Morgan fingerprint density at radius 2 is 1.80 bits per heavy atom. The van der Waals surface area contributed by atoms with Gasteiger partial charge in [-0.25, -0.2) is 13.1 Å². The Morgan fingerprint density at radius 3 is 2.47 bits per heavy atom. The lowest BCUT2D eigenvalue weighted by molar-refractivity contribution is 0.168. The lowest BCUT2D eigenvalue weighted by atomic mass is 9.98. The van der Waals surface area contributed by atoms with Gasteiger partial charge in [0.2, 0.25) is 10.0 Å². The van der Waals surface area contributed by atoms with Crippen molar-refractivity contribution in [2.24, 2.45) is 5.92 Å². The van der Waals surface area contributed by atoms with Crippen molar-refractivity contribution in [1.29, 1.82) is 0 Å². The van der Waals surface area contributed by atoms with Crippen LogP contribution in [0.3, 0.4) is 0 Å². The number of likely N-dealkylation sites (tertiary alicyclic amines) is 1. The molecule has 1 aliphatic heterocycles. The Morgan fingerprint density at radius 1 is 1.10 bits per heavy atom. The Kier molecular flexibility index (Phi) is 8.09. The van der Waals surface area contributed by atoms with E-state index in [9.17, 15) is 8.42 Å². The predicted octanol–water partition coefficient (Wildman–Crippen LogP) is 2.26. The number of nitrogens with one attached hydrogen (secondary N) is 1. The molecule has 3 rings (SSSR count). The molecule has 164 valence electrons. The maximum atomic E-state index is 12.6. The molecule has 8 heteroatoms. The monoisotopic (exact) mass is 434 g/mol. The summed E-state index contributed by atoms with van der Waals surface area (Å²) in [5.74, 6) is 1.65. The number of benzene rings is 2. The molecule has 0 unspecified atom stereocenters. The number of sulfonamides is 1. The summed E-state index contributed by atoms with van der Waals surface area (Å²) in [6.07, 6.45) is 2.06. The van der Waals surface area contributed by atoms with Gasteiger partial charge in [0.15, 0.2) is 0 Å². The van der Waals surface area contributed by atoms with Crippen molar-refractivity contribution in [3.05, 3.63) is 54.1 Å². The number of aliphatic hydroxyl groups is 1. The normalized spacial score (nSPS) is 17.6. The largest absolute Gasteiger partial charge is 0.497 e. The van der Waals surface area contributed by atoms with E-state index in [1.165, 1.54) is 5.56 Å². The van der Waals surface area contributed by atoms with Gasteiger partial charge in [-0.05, 0) is 67.3 Å². The lowest BCUT2D eigenvalue weighted by Gasteiger charge is -2.32. The van der Waals surface area contributed by atoms with Gasteiger partial charge in [-0.2, -0.15) is 0 Å². The van der Waals surface area contributed by atoms with Crippen molar-refractivity contribution in [2.75, 3.05) is 40.0 Å². The Hall–Kier alpha value is -2.13. The minimum Gasteiger partial charge on any atom is -0.497 e. The van der Waals surface area contributed by atoms with E-state index in [2.05, 4.69) is 9.62 Å². The number of ether oxygens (including phenoxy) is 2. The van der Waals surface area contributed by atoms with Gasteiger partial charge in [-0.1, -0.05) is 12.1 Å². The predicted molar refractivity (Wildman–Crippen MR) is 115 cm³/mol. The standard InChI is InChI=1S/C22H30N2O5S/c1-28-20-8-10-22(11-9-20)30(26,27)23-15-19-3-2-12-24(17-19)16-18-4-6-21(7-5-18)29-14-13-25/h4-11,19,23,25H,2-3,12-17H2,1H3/t19-/m0/s1. The summed E-state index contributed by atoms with van der Waals surface area (Å²) in [4.78, 5) is 2.61. The van der Waals surface area contributed by atoms with Crippen molar-refractivity contribution >= 4 is 10.0 Å². The van der Waals surface area contributed by atoms with Crippen molar-refractivity contribution in [1.82, 2.24) is 9.62 Å². The minimum atomic E-state index is -3.53. The van der Waals surface area contributed by atoms with Crippen molar-refractivity contribution < 1.29 is 23.0 Å². The lowest BCUT2D eigenvalue weighted by Crippen LogP contribution is -2.40. The summed E-state index contributed by atoms with van der Waals surface area (Å²) in [5, 5.41) is 8.82. The van der Waals surface area contributed by atoms with Gasteiger partial charge in [0, 0.05) is 19.6 Å².